The van der Waals surface area contributed by atoms with Crippen molar-refractivity contribution in [3.8, 4) is 11.5 Å². The lowest BCUT2D eigenvalue weighted by molar-refractivity contribution is 0.171. The van der Waals surface area contributed by atoms with E-state index in [1.54, 1.807) is 6.20 Å². The summed E-state index contributed by atoms with van der Waals surface area (Å²) < 4.78 is 13.0. The monoisotopic (exact) mass is 245 g/mol. The maximum Gasteiger partial charge on any atom is 0.163 e. The van der Waals surface area contributed by atoms with Crippen LogP contribution in [0, 0.1) is 0 Å². The molecule has 1 aromatic carbocycles. The highest BCUT2D eigenvalue weighted by molar-refractivity contribution is 5.55. The Balaban J connectivity index is 1.71. The van der Waals surface area contributed by atoms with Gasteiger partial charge in [0.25, 0.3) is 0 Å². The van der Waals surface area contributed by atoms with Crippen LogP contribution in [0.25, 0.3) is 0 Å². The van der Waals surface area contributed by atoms with Crippen LogP contribution < -0.4 is 14.8 Å². The first-order chi connectivity index (χ1) is 8.83. The van der Waals surface area contributed by atoms with E-state index in [1.807, 2.05) is 36.0 Å². The molecule has 0 saturated heterocycles. The summed E-state index contributed by atoms with van der Waals surface area (Å²) in [6.07, 6.45) is 3.72. The number of ether oxygens (including phenoxy) is 2. The van der Waals surface area contributed by atoms with Gasteiger partial charge < -0.3 is 19.4 Å². The first-order valence-electron chi connectivity index (χ1n) is 5.92. The van der Waals surface area contributed by atoms with Gasteiger partial charge in [-0.15, -0.1) is 0 Å². The summed E-state index contributed by atoms with van der Waals surface area (Å²) in [5, 5.41) is 3.32. The van der Waals surface area contributed by atoms with Crippen LogP contribution in [0.1, 0.15) is 5.82 Å². The van der Waals surface area contributed by atoms with Gasteiger partial charge in [0, 0.05) is 31.2 Å². The molecule has 0 amide bonds. The lowest BCUT2D eigenvalue weighted by Gasteiger charge is -2.19. The minimum atomic E-state index is 0.607. The van der Waals surface area contributed by atoms with E-state index in [-0.39, 0.29) is 0 Å². The van der Waals surface area contributed by atoms with E-state index < -0.39 is 0 Å². The number of aryl methyl sites for hydroxylation is 1. The van der Waals surface area contributed by atoms with Crippen LogP contribution in [0.15, 0.2) is 30.6 Å². The van der Waals surface area contributed by atoms with E-state index in [4.69, 9.17) is 9.47 Å². The van der Waals surface area contributed by atoms with Gasteiger partial charge in [-0.25, -0.2) is 4.98 Å². The lowest BCUT2D eigenvalue weighted by atomic mass is 10.2. The molecule has 1 N–H and O–H groups in total. The number of nitrogens with zero attached hydrogens (tertiary/aromatic N) is 2. The van der Waals surface area contributed by atoms with Crippen LogP contribution in [0.5, 0.6) is 11.5 Å². The molecule has 1 aromatic heterocycles. The highest BCUT2D eigenvalue weighted by atomic mass is 16.6. The van der Waals surface area contributed by atoms with E-state index in [0.29, 0.717) is 19.8 Å². The summed E-state index contributed by atoms with van der Waals surface area (Å²) >= 11 is 0. The Morgan fingerprint density at radius 3 is 2.89 bits per heavy atom. The molecule has 0 aliphatic carbocycles. The number of nitrogens with one attached hydrogen (secondary N) is 1. The standard InChI is InChI=1S/C13H15N3O2/c1-16-5-4-14-13(16)9-15-10-2-3-11-12(8-10)18-7-6-17-11/h2-5,8,15H,6-7,9H2,1H3. The first kappa shape index (κ1) is 11.0. The average molecular weight is 245 g/mol. The van der Waals surface area contributed by atoms with Crippen molar-refractivity contribution >= 4 is 5.69 Å². The quantitative estimate of drug-likeness (QED) is 0.895. The van der Waals surface area contributed by atoms with E-state index in [9.17, 15) is 0 Å². The van der Waals surface area contributed by atoms with Gasteiger partial charge in [-0.2, -0.15) is 0 Å². The zero-order valence-electron chi connectivity index (χ0n) is 10.2. The summed E-state index contributed by atoms with van der Waals surface area (Å²) in [7, 11) is 1.98. The second-order valence-electron chi connectivity index (χ2n) is 4.17. The van der Waals surface area contributed by atoms with Crippen molar-refractivity contribution < 1.29 is 9.47 Å². The molecule has 0 unspecified atom stereocenters. The fourth-order valence-electron chi connectivity index (χ4n) is 1.90. The summed E-state index contributed by atoms with van der Waals surface area (Å²) in [6.45, 7) is 1.91. The van der Waals surface area contributed by atoms with Crippen molar-refractivity contribution in [1.82, 2.24) is 9.55 Å². The molecule has 3 rings (SSSR count). The summed E-state index contributed by atoms with van der Waals surface area (Å²) in [4.78, 5) is 4.26. The Kier molecular flexibility index (Phi) is 2.80. The molecule has 0 spiro atoms. The Morgan fingerprint density at radius 1 is 1.28 bits per heavy atom. The van der Waals surface area contributed by atoms with Crippen molar-refractivity contribution in [2.24, 2.45) is 7.05 Å². The fraction of sp³-hybridized carbons (Fsp3) is 0.308. The van der Waals surface area contributed by atoms with Crippen molar-refractivity contribution in [1.29, 1.82) is 0 Å². The zero-order valence-corrected chi connectivity index (χ0v) is 10.2. The zero-order chi connectivity index (χ0) is 12.4. The van der Waals surface area contributed by atoms with Gasteiger partial charge in [0.1, 0.15) is 19.0 Å². The summed E-state index contributed by atoms with van der Waals surface area (Å²) in [5.74, 6) is 2.60. The topological polar surface area (TPSA) is 48.3 Å². The molecule has 5 nitrogen and oxygen atoms in total. The van der Waals surface area contributed by atoms with Gasteiger partial charge in [0.05, 0.1) is 6.54 Å². The summed E-state index contributed by atoms with van der Waals surface area (Å²) in [5.41, 5.74) is 1.00. The number of fused-ring (bicyclic) bond motifs is 1. The van der Waals surface area contributed by atoms with Crippen LogP contribution >= 0.6 is 0 Å². The van der Waals surface area contributed by atoms with E-state index in [2.05, 4.69) is 10.3 Å². The molecule has 0 fully saturated rings. The molecule has 18 heavy (non-hydrogen) atoms. The van der Waals surface area contributed by atoms with Crippen molar-refractivity contribution in [3.63, 3.8) is 0 Å². The number of hydrogen-bond donors (Lipinski definition) is 1. The maximum absolute atomic E-state index is 5.54. The highest BCUT2D eigenvalue weighted by Gasteiger charge is 2.11. The third-order valence-corrected chi connectivity index (χ3v) is 2.91. The Hall–Kier alpha value is -2.17. The minimum Gasteiger partial charge on any atom is -0.486 e. The molecule has 0 atom stereocenters. The molecular weight excluding hydrogens is 230 g/mol. The van der Waals surface area contributed by atoms with Crippen LogP contribution in [0.3, 0.4) is 0 Å². The Labute approximate surface area is 105 Å². The fourth-order valence-corrected chi connectivity index (χ4v) is 1.90. The average Bonchev–Trinajstić information content (AvgIpc) is 2.82. The van der Waals surface area contributed by atoms with Crippen LogP contribution in [-0.2, 0) is 13.6 Å². The lowest BCUT2D eigenvalue weighted by Crippen LogP contribution is -2.15. The number of aromatic nitrogens is 2. The largest absolute Gasteiger partial charge is 0.486 e. The van der Waals surface area contributed by atoms with Crippen LogP contribution in [0.2, 0.25) is 0 Å². The third kappa shape index (κ3) is 2.11. The van der Waals surface area contributed by atoms with Gasteiger partial charge >= 0.3 is 0 Å². The maximum atomic E-state index is 5.54. The second kappa shape index (κ2) is 4.60. The van der Waals surface area contributed by atoms with Crippen molar-refractivity contribution in [2.75, 3.05) is 18.5 Å². The predicted molar refractivity (Wildman–Crippen MR) is 68.0 cm³/mol. The van der Waals surface area contributed by atoms with E-state index >= 15 is 0 Å². The van der Waals surface area contributed by atoms with Crippen LogP contribution in [-0.4, -0.2) is 22.8 Å². The summed E-state index contributed by atoms with van der Waals surface area (Å²) in [6, 6.07) is 5.86. The molecule has 0 radical (unpaired) electrons. The molecule has 1 aliphatic heterocycles. The minimum absolute atomic E-state index is 0.607. The van der Waals surface area contributed by atoms with Gasteiger partial charge in [-0.05, 0) is 12.1 Å². The van der Waals surface area contributed by atoms with Gasteiger partial charge in [-0.3, -0.25) is 0 Å². The van der Waals surface area contributed by atoms with E-state index in [0.717, 1.165) is 23.0 Å². The number of hydrogen-bond acceptors (Lipinski definition) is 4. The number of rotatable bonds is 3. The second-order valence-corrected chi connectivity index (χ2v) is 4.17. The van der Waals surface area contributed by atoms with Gasteiger partial charge in [0.15, 0.2) is 11.5 Å². The highest BCUT2D eigenvalue weighted by Crippen LogP contribution is 2.32. The van der Waals surface area contributed by atoms with Gasteiger partial charge in [-0.1, -0.05) is 0 Å². The van der Waals surface area contributed by atoms with Crippen LogP contribution in [0.4, 0.5) is 5.69 Å². The molecule has 2 heterocycles. The van der Waals surface area contributed by atoms with Gasteiger partial charge in [0.2, 0.25) is 0 Å². The molecule has 5 heteroatoms. The predicted octanol–water partition coefficient (Wildman–Crippen LogP) is 1.80. The smallest absolute Gasteiger partial charge is 0.163 e. The first-order valence-corrected chi connectivity index (χ1v) is 5.92. The van der Waals surface area contributed by atoms with E-state index in [1.165, 1.54) is 0 Å². The molecule has 94 valence electrons. The number of benzene rings is 1. The Morgan fingerprint density at radius 2 is 2.11 bits per heavy atom. The Bertz CT molecular complexity index is 551. The third-order valence-electron chi connectivity index (χ3n) is 2.91. The SMILES string of the molecule is Cn1ccnc1CNc1ccc2c(c1)OCCO2. The van der Waals surface area contributed by atoms with Crippen molar-refractivity contribution in [3.05, 3.63) is 36.4 Å². The number of anilines is 1. The normalized spacial score (nSPS) is 13.4. The number of imidazole rings is 1. The van der Waals surface area contributed by atoms with Crippen molar-refractivity contribution in [2.45, 2.75) is 6.54 Å². The molecular formula is C13H15N3O2. The molecule has 1 aliphatic rings. The molecule has 0 bridgehead atoms. The molecule has 0 saturated carbocycles. The molecule has 2 aromatic rings.